The number of anilines is 1. The van der Waals surface area contributed by atoms with Gasteiger partial charge in [0.05, 0.1) is 0 Å². The van der Waals surface area contributed by atoms with Crippen molar-refractivity contribution in [1.29, 1.82) is 0 Å². The summed E-state index contributed by atoms with van der Waals surface area (Å²) >= 11 is 0. The maximum atomic E-state index is 10.2. The van der Waals surface area contributed by atoms with Crippen LogP contribution in [0.25, 0.3) is 0 Å². The third-order valence-corrected chi connectivity index (χ3v) is 2.96. The molecule has 1 heterocycles. The zero-order valence-corrected chi connectivity index (χ0v) is 8.98. The van der Waals surface area contributed by atoms with Crippen LogP contribution in [0.3, 0.4) is 0 Å². The molecule has 0 N–H and O–H groups in total. The molecule has 1 aliphatic rings. The Kier molecular flexibility index (Phi) is 3.38. The van der Waals surface area contributed by atoms with Gasteiger partial charge in [0.2, 0.25) is 0 Å². The van der Waals surface area contributed by atoms with Crippen molar-refractivity contribution >= 4 is 12.0 Å². The summed E-state index contributed by atoms with van der Waals surface area (Å²) in [6, 6.07) is 8.62. The zero-order valence-electron chi connectivity index (χ0n) is 8.98. The van der Waals surface area contributed by atoms with Crippen LogP contribution in [0, 0.1) is 0 Å². The number of rotatable bonds is 4. The lowest BCUT2D eigenvalue weighted by molar-refractivity contribution is -0.107. The minimum Gasteiger partial charge on any atom is -0.372 e. The van der Waals surface area contributed by atoms with E-state index in [9.17, 15) is 4.79 Å². The number of hydrogen-bond acceptors (Lipinski definition) is 2. The first kappa shape index (κ1) is 10.2. The third-order valence-electron chi connectivity index (χ3n) is 2.96. The van der Waals surface area contributed by atoms with E-state index in [1.54, 1.807) is 0 Å². The molecule has 2 heteroatoms. The second-order valence-corrected chi connectivity index (χ2v) is 4.07. The first-order valence-electron chi connectivity index (χ1n) is 5.67. The van der Waals surface area contributed by atoms with Crippen LogP contribution in [0.2, 0.25) is 0 Å². The Morgan fingerprint density at radius 1 is 1.13 bits per heavy atom. The first-order valence-corrected chi connectivity index (χ1v) is 5.67. The Balaban J connectivity index is 1.99. The van der Waals surface area contributed by atoms with Crippen LogP contribution in [0.1, 0.15) is 24.8 Å². The van der Waals surface area contributed by atoms with E-state index in [1.165, 1.54) is 37.2 Å². The Bertz CT molecular complexity index is 312. The third kappa shape index (κ3) is 2.58. The van der Waals surface area contributed by atoms with Gasteiger partial charge in [0.15, 0.2) is 0 Å². The van der Waals surface area contributed by atoms with Gasteiger partial charge in [-0.3, -0.25) is 0 Å². The molecule has 0 aliphatic carbocycles. The highest BCUT2D eigenvalue weighted by molar-refractivity contribution is 5.51. The molecular weight excluding hydrogens is 186 g/mol. The molecular formula is C13H17NO. The van der Waals surface area contributed by atoms with Crippen LogP contribution in [0.15, 0.2) is 24.3 Å². The van der Waals surface area contributed by atoms with Crippen LogP contribution < -0.4 is 4.90 Å². The molecule has 0 saturated carbocycles. The SMILES string of the molecule is O=CCCc1ccc(N2CCCC2)cc1. The predicted molar refractivity (Wildman–Crippen MR) is 62.3 cm³/mol. The lowest BCUT2D eigenvalue weighted by Gasteiger charge is -2.17. The molecule has 0 spiro atoms. The molecule has 2 nitrogen and oxygen atoms in total. The Morgan fingerprint density at radius 3 is 2.40 bits per heavy atom. The average Bonchev–Trinajstić information content (AvgIpc) is 2.80. The molecule has 0 amide bonds. The quantitative estimate of drug-likeness (QED) is 0.700. The van der Waals surface area contributed by atoms with Gasteiger partial charge in [-0.25, -0.2) is 0 Å². The van der Waals surface area contributed by atoms with Crippen molar-refractivity contribution in [2.24, 2.45) is 0 Å². The van der Waals surface area contributed by atoms with Crippen molar-refractivity contribution in [1.82, 2.24) is 0 Å². The molecule has 0 radical (unpaired) electrons. The first-order chi connectivity index (χ1) is 7.40. The highest BCUT2D eigenvalue weighted by Gasteiger charge is 2.11. The largest absolute Gasteiger partial charge is 0.372 e. The van der Waals surface area contributed by atoms with E-state index in [1.807, 2.05) is 0 Å². The van der Waals surface area contributed by atoms with Gasteiger partial charge < -0.3 is 9.69 Å². The van der Waals surface area contributed by atoms with Crippen molar-refractivity contribution in [3.63, 3.8) is 0 Å². The topological polar surface area (TPSA) is 20.3 Å². The summed E-state index contributed by atoms with van der Waals surface area (Å²) < 4.78 is 0. The van der Waals surface area contributed by atoms with Gasteiger partial charge in [-0.05, 0) is 37.0 Å². The van der Waals surface area contributed by atoms with E-state index >= 15 is 0 Å². The normalized spacial score (nSPS) is 15.6. The molecule has 0 unspecified atom stereocenters. The second kappa shape index (κ2) is 4.96. The Morgan fingerprint density at radius 2 is 1.80 bits per heavy atom. The van der Waals surface area contributed by atoms with Crippen LogP contribution in [-0.2, 0) is 11.2 Å². The summed E-state index contributed by atoms with van der Waals surface area (Å²) in [5.74, 6) is 0. The fraction of sp³-hybridized carbons (Fsp3) is 0.462. The summed E-state index contributed by atoms with van der Waals surface area (Å²) in [6.07, 6.45) is 5.10. The molecule has 1 aromatic rings. The van der Waals surface area contributed by atoms with E-state index < -0.39 is 0 Å². The van der Waals surface area contributed by atoms with Gasteiger partial charge in [-0.15, -0.1) is 0 Å². The van der Waals surface area contributed by atoms with E-state index in [0.29, 0.717) is 6.42 Å². The second-order valence-electron chi connectivity index (χ2n) is 4.07. The van der Waals surface area contributed by atoms with Crippen LogP contribution in [0.5, 0.6) is 0 Å². The highest BCUT2D eigenvalue weighted by atomic mass is 16.1. The molecule has 15 heavy (non-hydrogen) atoms. The van der Waals surface area contributed by atoms with Gasteiger partial charge in [-0.1, -0.05) is 12.1 Å². The maximum Gasteiger partial charge on any atom is 0.120 e. The maximum absolute atomic E-state index is 10.2. The summed E-state index contributed by atoms with van der Waals surface area (Å²) in [5, 5.41) is 0. The van der Waals surface area contributed by atoms with Crippen molar-refractivity contribution in [2.45, 2.75) is 25.7 Å². The van der Waals surface area contributed by atoms with E-state index in [2.05, 4.69) is 29.2 Å². The summed E-state index contributed by atoms with van der Waals surface area (Å²) in [6.45, 7) is 2.38. The molecule has 1 aliphatic heterocycles. The number of benzene rings is 1. The van der Waals surface area contributed by atoms with Crippen molar-refractivity contribution in [2.75, 3.05) is 18.0 Å². The molecule has 0 aromatic heterocycles. The smallest absolute Gasteiger partial charge is 0.120 e. The Labute approximate surface area is 90.9 Å². The Hall–Kier alpha value is -1.31. The standard InChI is InChI=1S/C13H17NO/c15-11-3-4-12-5-7-13(8-6-12)14-9-1-2-10-14/h5-8,11H,1-4,9-10H2. The number of aryl methyl sites for hydroxylation is 1. The number of nitrogens with zero attached hydrogens (tertiary/aromatic N) is 1. The zero-order chi connectivity index (χ0) is 10.5. The molecule has 1 fully saturated rings. The van der Waals surface area contributed by atoms with Gasteiger partial charge in [0.25, 0.3) is 0 Å². The van der Waals surface area contributed by atoms with Gasteiger partial charge in [0.1, 0.15) is 6.29 Å². The van der Waals surface area contributed by atoms with Crippen LogP contribution in [0.4, 0.5) is 5.69 Å². The van der Waals surface area contributed by atoms with E-state index in [0.717, 1.165) is 12.7 Å². The van der Waals surface area contributed by atoms with E-state index in [-0.39, 0.29) is 0 Å². The number of carbonyl (C=O) groups excluding carboxylic acids is 1. The fourth-order valence-corrected chi connectivity index (χ4v) is 2.07. The number of aldehydes is 1. The van der Waals surface area contributed by atoms with Crippen molar-refractivity contribution in [3.8, 4) is 0 Å². The average molecular weight is 203 g/mol. The minimum atomic E-state index is 0.628. The molecule has 0 bridgehead atoms. The van der Waals surface area contributed by atoms with Gasteiger partial charge in [0, 0.05) is 25.2 Å². The summed E-state index contributed by atoms with van der Waals surface area (Å²) in [4.78, 5) is 12.7. The molecule has 0 atom stereocenters. The van der Waals surface area contributed by atoms with Crippen LogP contribution >= 0.6 is 0 Å². The number of carbonyl (C=O) groups is 1. The highest BCUT2D eigenvalue weighted by Crippen LogP contribution is 2.20. The molecule has 1 aromatic carbocycles. The monoisotopic (exact) mass is 203 g/mol. The summed E-state index contributed by atoms with van der Waals surface area (Å²) in [7, 11) is 0. The molecule has 1 saturated heterocycles. The lowest BCUT2D eigenvalue weighted by atomic mass is 10.1. The minimum absolute atomic E-state index is 0.628. The van der Waals surface area contributed by atoms with Gasteiger partial charge in [-0.2, -0.15) is 0 Å². The predicted octanol–water partition coefficient (Wildman–Crippen LogP) is 2.42. The molecule has 2 rings (SSSR count). The van der Waals surface area contributed by atoms with Gasteiger partial charge >= 0.3 is 0 Å². The lowest BCUT2D eigenvalue weighted by Crippen LogP contribution is -2.17. The number of hydrogen-bond donors (Lipinski definition) is 0. The van der Waals surface area contributed by atoms with E-state index in [4.69, 9.17) is 0 Å². The molecule has 80 valence electrons. The summed E-state index contributed by atoms with van der Waals surface area (Å²) in [5.41, 5.74) is 2.58. The van der Waals surface area contributed by atoms with Crippen molar-refractivity contribution < 1.29 is 4.79 Å². The van der Waals surface area contributed by atoms with Crippen molar-refractivity contribution in [3.05, 3.63) is 29.8 Å². The van der Waals surface area contributed by atoms with Crippen LogP contribution in [-0.4, -0.2) is 19.4 Å². The fourth-order valence-electron chi connectivity index (χ4n) is 2.07.